The third-order valence-electron chi connectivity index (χ3n) is 6.73. The van der Waals surface area contributed by atoms with Gasteiger partial charge in [0.15, 0.2) is 22.9 Å². The van der Waals surface area contributed by atoms with Crippen LogP contribution in [0, 0.1) is 6.92 Å². The highest BCUT2D eigenvalue weighted by atomic mass is 16.5. The summed E-state index contributed by atoms with van der Waals surface area (Å²) in [6.45, 7) is 6.58. The summed E-state index contributed by atoms with van der Waals surface area (Å²) in [6.07, 6.45) is -0.375. The number of Topliss-reactive ketones (excluding diaryl/α,β-unsaturated/α-hetero) is 1. The molecule has 6 nitrogen and oxygen atoms in total. The van der Waals surface area contributed by atoms with Crippen molar-refractivity contribution in [2.45, 2.75) is 45.3 Å². The number of ether oxygens (including phenoxy) is 2. The summed E-state index contributed by atoms with van der Waals surface area (Å²) >= 11 is 0. The first-order chi connectivity index (χ1) is 16.7. The number of nitrogens with zero attached hydrogens (tertiary/aromatic N) is 1. The van der Waals surface area contributed by atoms with Gasteiger partial charge in [0.05, 0.1) is 32.9 Å². The number of carbonyl (C=O) groups excluding carboxylic acids is 2. The van der Waals surface area contributed by atoms with Crippen molar-refractivity contribution in [3.8, 4) is 11.5 Å². The topological polar surface area (TPSA) is 76.1 Å². The Labute approximate surface area is 206 Å². The molecule has 0 saturated carbocycles. The largest absolute Gasteiger partial charge is 0.493 e. The van der Waals surface area contributed by atoms with Crippen LogP contribution >= 0.6 is 0 Å². The molecule has 1 aliphatic heterocycles. The Morgan fingerprint density at radius 2 is 1.71 bits per heavy atom. The number of fused-ring (bicyclic) bond motifs is 1. The molecule has 1 N–H and O–H groups in total. The lowest BCUT2D eigenvalue weighted by molar-refractivity contribution is -0.136. The first kappa shape index (κ1) is 24.5. The Hall–Kier alpha value is -3.64. The van der Waals surface area contributed by atoms with Gasteiger partial charge in [-0.2, -0.15) is 0 Å². The van der Waals surface area contributed by atoms with Crippen LogP contribution in [-0.2, 0) is 16.9 Å². The Morgan fingerprint density at radius 1 is 1.00 bits per heavy atom. The fourth-order valence-corrected chi connectivity index (χ4v) is 4.57. The number of hydrogen-bond acceptors (Lipinski definition) is 5. The average molecular weight is 474 g/mol. The van der Waals surface area contributed by atoms with Crippen molar-refractivity contribution in [2.24, 2.45) is 0 Å². The molecule has 0 fully saturated rings. The highest BCUT2D eigenvalue weighted by molar-refractivity contribution is 6.10. The van der Waals surface area contributed by atoms with Crippen LogP contribution in [0.2, 0.25) is 0 Å². The maximum absolute atomic E-state index is 13.7. The predicted octanol–water partition coefficient (Wildman–Crippen LogP) is 5.14. The minimum Gasteiger partial charge on any atom is -0.493 e. The number of ketones is 1. The number of anilines is 1. The average Bonchev–Trinajstić information content (AvgIpc) is 3.06. The molecule has 3 aromatic carbocycles. The molecule has 0 saturated heterocycles. The zero-order valence-corrected chi connectivity index (χ0v) is 20.8. The van der Waals surface area contributed by atoms with Gasteiger partial charge in [-0.15, -0.1) is 0 Å². The van der Waals surface area contributed by atoms with Gasteiger partial charge in [-0.1, -0.05) is 50.2 Å². The van der Waals surface area contributed by atoms with Crippen molar-refractivity contribution >= 4 is 17.4 Å². The van der Waals surface area contributed by atoms with Crippen LogP contribution in [0.5, 0.6) is 11.5 Å². The molecule has 0 bridgehead atoms. The molecule has 3 aromatic rings. The van der Waals surface area contributed by atoms with Gasteiger partial charge in [0.25, 0.3) is 5.91 Å². The molecule has 0 spiro atoms. The lowest BCUT2D eigenvalue weighted by Crippen LogP contribution is -2.41. The van der Waals surface area contributed by atoms with Crippen LogP contribution in [-0.4, -0.2) is 31.0 Å². The molecule has 35 heavy (non-hydrogen) atoms. The van der Waals surface area contributed by atoms with Gasteiger partial charge in [-0.25, -0.2) is 0 Å². The first-order valence-corrected chi connectivity index (χ1v) is 11.7. The molecule has 0 radical (unpaired) electrons. The highest BCUT2D eigenvalue weighted by Crippen LogP contribution is 2.44. The minimum atomic E-state index is -1.95. The van der Waals surface area contributed by atoms with Crippen molar-refractivity contribution in [1.82, 2.24) is 0 Å². The van der Waals surface area contributed by atoms with Crippen LogP contribution in [0.1, 0.15) is 58.8 Å². The number of hydrogen-bond donors (Lipinski definition) is 1. The number of aliphatic hydroxyl groups is 1. The normalized spacial score (nSPS) is 17.0. The second kappa shape index (κ2) is 9.55. The standard InChI is InChI=1S/C29H31NO5/c1-18(2)20-11-10-19(3)22(14-20)17-30-24-9-7-6-8-23(24)29(33,28(30)32)16-25(31)21-12-13-26(34-4)27(15-21)35-5/h6-15,18,33H,16-17H2,1-5H3/t29-/m1/s1. The number of carbonyl (C=O) groups is 2. The SMILES string of the molecule is COc1ccc(C(=O)C[C@]2(O)C(=O)N(Cc3cc(C(C)C)ccc3C)c3ccccc32)cc1OC. The maximum atomic E-state index is 13.7. The fourth-order valence-electron chi connectivity index (χ4n) is 4.57. The van der Waals surface area contributed by atoms with E-state index in [0.717, 1.165) is 11.1 Å². The molecular formula is C29H31NO5. The molecular weight excluding hydrogens is 442 g/mol. The lowest BCUT2D eigenvalue weighted by atomic mass is 9.88. The summed E-state index contributed by atoms with van der Waals surface area (Å²) in [5.41, 5.74) is 2.70. The summed E-state index contributed by atoms with van der Waals surface area (Å²) in [6, 6.07) is 18.2. The first-order valence-electron chi connectivity index (χ1n) is 11.7. The van der Waals surface area contributed by atoms with E-state index in [9.17, 15) is 14.7 Å². The van der Waals surface area contributed by atoms with Gasteiger partial charge in [0, 0.05) is 11.1 Å². The molecule has 182 valence electrons. The highest BCUT2D eigenvalue weighted by Gasteiger charge is 2.50. The number of benzene rings is 3. The zero-order valence-electron chi connectivity index (χ0n) is 20.8. The van der Waals surface area contributed by atoms with E-state index in [0.29, 0.717) is 40.8 Å². The van der Waals surface area contributed by atoms with Gasteiger partial charge in [-0.05, 0) is 53.8 Å². The number of para-hydroxylation sites is 1. The van der Waals surface area contributed by atoms with E-state index in [-0.39, 0.29) is 12.2 Å². The summed E-state index contributed by atoms with van der Waals surface area (Å²) < 4.78 is 10.6. The van der Waals surface area contributed by atoms with Crippen molar-refractivity contribution < 1.29 is 24.2 Å². The lowest BCUT2D eigenvalue weighted by Gasteiger charge is -2.24. The second-order valence-corrected chi connectivity index (χ2v) is 9.28. The Kier molecular flexibility index (Phi) is 6.68. The fraction of sp³-hybridized carbons (Fsp3) is 0.310. The smallest absolute Gasteiger partial charge is 0.264 e. The molecule has 4 rings (SSSR count). The number of methoxy groups -OCH3 is 2. The predicted molar refractivity (Wildman–Crippen MR) is 135 cm³/mol. The van der Waals surface area contributed by atoms with Gasteiger partial charge < -0.3 is 19.5 Å². The number of amides is 1. The quantitative estimate of drug-likeness (QED) is 0.458. The van der Waals surface area contributed by atoms with Gasteiger partial charge in [0.1, 0.15) is 0 Å². The summed E-state index contributed by atoms with van der Waals surface area (Å²) in [5, 5.41) is 11.7. The summed E-state index contributed by atoms with van der Waals surface area (Å²) in [4.78, 5) is 28.5. The van der Waals surface area contributed by atoms with E-state index in [4.69, 9.17) is 9.47 Å². The summed E-state index contributed by atoms with van der Waals surface area (Å²) in [5.74, 6) is 0.395. The van der Waals surface area contributed by atoms with E-state index >= 15 is 0 Å². The number of aryl methyl sites for hydroxylation is 1. The molecule has 1 atom stereocenters. The van der Waals surface area contributed by atoms with Crippen LogP contribution in [0.4, 0.5) is 5.69 Å². The van der Waals surface area contributed by atoms with Crippen molar-refractivity contribution in [1.29, 1.82) is 0 Å². The van der Waals surface area contributed by atoms with Crippen molar-refractivity contribution in [2.75, 3.05) is 19.1 Å². The van der Waals surface area contributed by atoms with Gasteiger partial charge >= 0.3 is 0 Å². The van der Waals surface area contributed by atoms with Crippen LogP contribution in [0.15, 0.2) is 60.7 Å². The third kappa shape index (κ3) is 4.42. The Bertz CT molecular complexity index is 1280. The third-order valence-corrected chi connectivity index (χ3v) is 6.73. The molecule has 0 aromatic heterocycles. The second-order valence-electron chi connectivity index (χ2n) is 9.28. The van der Waals surface area contributed by atoms with Crippen LogP contribution in [0.25, 0.3) is 0 Å². The molecule has 0 unspecified atom stereocenters. The number of rotatable bonds is 8. The van der Waals surface area contributed by atoms with E-state index in [1.807, 2.05) is 19.1 Å². The Balaban J connectivity index is 1.68. The van der Waals surface area contributed by atoms with E-state index < -0.39 is 11.5 Å². The zero-order chi connectivity index (χ0) is 25.3. The van der Waals surface area contributed by atoms with Crippen LogP contribution < -0.4 is 14.4 Å². The van der Waals surface area contributed by atoms with E-state index in [1.54, 1.807) is 35.2 Å². The van der Waals surface area contributed by atoms with Crippen LogP contribution in [0.3, 0.4) is 0 Å². The van der Waals surface area contributed by atoms with Crippen molar-refractivity contribution in [3.05, 3.63) is 88.5 Å². The molecule has 1 aliphatic rings. The van der Waals surface area contributed by atoms with Gasteiger partial charge in [-0.3, -0.25) is 9.59 Å². The van der Waals surface area contributed by atoms with E-state index in [1.165, 1.54) is 19.8 Å². The molecule has 0 aliphatic carbocycles. The molecule has 6 heteroatoms. The maximum Gasteiger partial charge on any atom is 0.264 e. The monoisotopic (exact) mass is 473 g/mol. The Morgan fingerprint density at radius 3 is 2.40 bits per heavy atom. The van der Waals surface area contributed by atoms with Crippen molar-refractivity contribution in [3.63, 3.8) is 0 Å². The molecule has 1 amide bonds. The van der Waals surface area contributed by atoms with Gasteiger partial charge in [0.2, 0.25) is 0 Å². The van der Waals surface area contributed by atoms with E-state index in [2.05, 4.69) is 32.0 Å². The summed E-state index contributed by atoms with van der Waals surface area (Å²) in [7, 11) is 3.01. The molecule has 1 heterocycles. The minimum absolute atomic E-state index is 0.315.